The number of ketones is 1. The summed E-state index contributed by atoms with van der Waals surface area (Å²) in [6, 6.07) is 1.08. The number of fused-ring (bicyclic) bond motifs is 2. The van der Waals surface area contributed by atoms with Crippen LogP contribution in [0.4, 0.5) is 5.82 Å². The van der Waals surface area contributed by atoms with Gasteiger partial charge in [0.25, 0.3) is 0 Å². The number of pyridine rings is 1. The van der Waals surface area contributed by atoms with Crippen LogP contribution in [0.2, 0.25) is 0 Å². The van der Waals surface area contributed by atoms with Gasteiger partial charge in [0.15, 0.2) is 11.6 Å². The Morgan fingerprint density at radius 3 is 2.59 bits per heavy atom. The highest BCUT2D eigenvalue weighted by Gasteiger charge is 2.64. The predicted molar refractivity (Wildman–Crippen MR) is 143 cm³/mol. The molecule has 6 rings (SSSR count). The maximum absolute atomic E-state index is 13.7. The van der Waals surface area contributed by atoms with Crippen molar-refractivity contribution in [1.82, 2.24) is 39.6 Å². The molecule has 1 aliphatic carbocycles. The number of aryl methyl sites for hydroxylation is 1. The van der Waals surface area contributed by atoms with E-state index < -0.39 is 6.04 Å². The molecule has 4 aromatic heterocycles. The van der Waals surface area contributed by atoms with E-state index in [4.69, 9.17) is 0 Å². The second-order valence-corrected chi connectivity index (χ2v) is 11.1. The molecule has 12 nitrogen and oxygen atoms in total. The third kappa shape index (κ3) is 4.56. The molecular formula is C26H24BrN9O3. The van der Waals surface area contributed by atoms with Crippen molar-refractivity contribution in [2.24, 2.45) is 5.41 Å². The number of carbonyl (C=O) groups is 3. The lowest BCUT2D eigenvalue weighted by atomic mass is 10.0. The second kappa shape index (κ2) is 9.26. The van der Waals surface area contributed by atoms with Gasteiger partial charge in [0.05, 0.1) is 29.8 Å². The molecule has 5 heterocycles. The molecule has 198 valence electrons. The van der Waals surface area contributed by atoms with E-state index in [2.05, 4.69) is 58.2 Å². The summed E-state index contributed by atoms with van der Waals surface area (Å²) >= 11 is 3.25. The van der Waals surface area contributed by atoms with Crippen molar-refractivity contribution in [2.75, 3.05) is 5.32 Å². The van der Waals surface area contributed by atoms with E-state index in [1.54, 1.807) is 36.5 Å². The first kappa shape index (κ1) is 25.2. The average molecular weight is 590 g/mol. The smallest absolute Gasteiger partial charge is 0.248 e. The number of halogens is 1. The number of nitrogens with zero attached hydrogens (tertiary/aromatic N) is 8. The molecular weight excluding hydrogens is 566 g/mol. The zero-order valence-electron chi connectivity index (χ0n) is 21.4. The fourth-order valence-corrected chi connectivity index (χ4v) is 5.63. The number of nitrogens with one attached hydrogen (secondary N) is 1. The van der Waals surface area contributed by atoms with Crippen LogP contribution in [0.3, 0.4) is 0 Å². The Kier molecular flexibility index (Phi) is 5.97. The Morgan fingerprint density at radius 2 is 1.87 bits per heavy atom. The molecule has 0 unspecified atom stereocenters. The fourth-order valence-electron chi connectivity index (χ4n) is 5.32. The van der Waals surface area contributed by atoms with Crippen molar-refractivity contribution in [3.05, 3.63) is 53.2 Å². The van der Waals surface area contributed by atoms with Gasteiger partial charge in [0.2, 0.25) is 11.8 Å². The topological polar surface area (TPSA) is 149 Å². The number of hydrogen-bond donors (Lipinski definition) is 1. The molecule has 13 heteroatoms. The minimum absolute atomic E-state index is 0.0327. The van der Waals surface area contributed by atoms with E-state index in [9.17, 15) is 14.4 Å². The largest absolute Gasteiger partial charge is 0.325 e. The molecule has 1 N–H and O–H groups in total. The van der Waals surface area contributed by atoms with E-state index in [-0.39, 0.29) is 41.3 Å². The van der Waals surface area contributed by atoms with E-state index in [1.807, 2.05) is 0 Å². The van der Waals surface area contributed by atoms with Gasteiger partial charge in [-0.15, -0.1) is 0 Å². The standard InChI is InChI=1S/C26H24BrN9O3/c1-13(37)24-16-4-17(15-7-29-14(2)30-8-15)31-9-19(16)35(34-24)12-23(38)36-18(5-26(3)6-20(26)36)25(39)33-22-11-28-10-21(27)32-22/h4,7-11,18,20H,5-6,12H2,1-3H3,(H,32,33,39)/t18-,20+,26-/m0/s1. The molecule has 3 atom stereocenters. The predicted octanol–water partition coefficient (Wildman–Crippen LogP) is 2.97. The number of rotatable bonds is 6. The number of piperidine rings is 1. The lowest BCUT2D eigenvalue weighted by Crippen LogP contribution is -2.46. The molecule has 39 heavy (non-hydrogen) atoms. The van der Waals surface area contributed by atoms with Crippen LogP contribution in [0.25, 0.3) is 22.2 Å². The van der Waals surface area contributed by atoms with Gasteiger partial charge in [-0.1, -0.05) is 6.92 Å². The molecule has 1 saturated heterocycles. The Hall–Kier alpha value is -4.13. The van der Waals surface area contributed by atoms with Gasteiger partial charge in [0, 0.05) is 36.3 Å². The van der Waals surface area contributed by atoms with Gasteiger partial charge in [0.1, 0.15) is 28.7 Å². The molecule has 2 aliphatic rings. The van der Waals surface area contributed by atoms with Crippen LogP contribution in [0.15, 0.2) is 41.7 Å². The molecule has 0 spiro atoms. The van der Waals surface area contributed by atoms with Gasteiger partial charge in [-0.2, -0.15) is 5.10 Å². The summed E-state index contributed by atoms with van der Waals surface area (Å²) in [5.74, 6) is 0.146. The Balaban J connectivity index is 1.29. The number of amides is 2. The van der Waals surface area contributed by atoms with Gasteiger partial charge in [-0.3, -0.25) is 29.0 Å². The summed E-state index contributed by atoms with van der Waals surface area (Å²) < 4.78 is 1.98. The van der Waals surface area contributed by atoms with Crippen molar-refractivity contribution >= 4 is 50.2 Å². The molecule has 0 aromatic carbocycles. The van der Waals surface area contributed by atoms with E-state index in [1.165, 1.54) is 24.0 Å². The molecule has 2 amide bonds. The maximum Gasteiger partial charge on any atom is 0.248 e. The Bertz CT molecular complexity index is 1650. The third-order valence-electron chi connectivity index (χ3n) is 7.41. The third-order valence-corrected chi connectivity index (χ3v) is 7.80. The van der Waals surface area contributed by atoms with Crippen LogP contribution in [0.5, 0.6) is 0 Å². The summed E-state index contributed by atoms with van der Waals surface area (Å²) in [6.45, 7) is 5.18. The minimum atomic E-state index is -0.651. The summed E-state index contributed by atoms with van der Waals surface area (Å²) in [6.07, 6.45) is 9.30. The summed E-state index contributed by atoms with van der Waals surface area (Å²) in [7, 11) is 0. The number of likely N-dealkylation sites (tertiary alicyclic amines) is 1. The molecule has 0 radical (unpaired) electrons. The number of Topliss-reactive ketones (excluding diaryl/α,β-unsaturated/α-hetero) is 1. The first-order valence-corrected chi connectivity index (χ1v) is 13.2. The highest BCUT2D eigenvalue weighted by molar-refractivity contribution is 9.10. The number of anilines is 1. The van der Waals surface area contributed by atoms with Crippen LogP contribution in [-0.4, -0.2) is 69.3 Å². The van der Waals surface area contributed by atoms with E-state index in [0.717, 1.165) is 6.42 Å². The molecule has 0 bridgehead atoms. The van der Waals surface area contributed by atoms with Crippen molar-refractivity contribution in [1.29, 1.82) is 0 Å². The van der Waals surface area contributed by atoms with Gasteiger partial charge < -0.3 is 10.2 Å². The SMILES string of the molecule is CC(=O)c1nn(CC(=O)N2[C@H](C(=O)Nc3cncc(Br)n3)C[C@@]3(C)C[C@@H]23)c2cnc(-c3cnc(C)nc3)cc12. The lowest BCUT2D eigenvalue weighted by Gasteiger charge is -2.26. The lowest BCUT2D eigenvalue weighted by molar-refractivity contribution is -0.138. The Labute approximate surface area is 231 Å². The zero-order valence-corrected chi connectivity index (χ0v) is 23.0. The molecule has 4 aromatic rings. The highest BCUT2D eigenvalue weighted by atomic mass is 79.9. The monoisotopic (exact) mass is 589 g/mol. The van der Waals surface area contributed by atoms with Crippen LogP contribution >= 0.6 is 15.9 Å². The number of hydrogen-bond acceptors (Lipinski definition) is 9. The van der Waals surface area contributed by atoms with Gasteiger partial charge in [-0.05, 0) is 47.2 Å². The minimum Gasteiger partial charge on any atom is -0.325 e. The second-order valence-electron chi connectivity index (χ2n) is 10.3. The van der Waals surface area contributed by atoms with Crippen molar-refractivity contribution in [3.8, 4) is 11.3 Å². The average Bonchev–Trinajstić information content (AvgIpc) is 3.26. The Morgan fingerprint density at radius 1 is 1.10 bits per heavy atom. The van der Waals surface area contributed by atoms with E-state index in [0.29, 0.717) is 44.8 Å². The molecule has 1 aliphatic heterocycles. The molecule has 2 fully saturated rings. The van der Waals surface area contributed by atoms with Crippen LogP contribution in [0, 0.1) is 12.3 Å². The van der Waals surface area contributed by atoms with Crippen LogP contribution in [0.1, 0.15) is 43.0 Å². The molecule has 1 saturated carbocycles. The van der Waals surface area contributed by atoms with Crippen molar-refractivity contribution in [2.45, 2.75) is 52.2 Å². The maximum atomic E-state index is 13.7. The van der Waals surface area contributed by atoms with Crippen molar-refractivity contribution in [3.63, 3.8) is 0 Å². The van der Waals surface area contributed by atoms with Crippen LogP contribution in [-0.2, 0) is 16.1 Å². The first-order chi connectivity index (χ1) is 18.6. The first-order valence-electron chi connectivity index (χ1n) is 12.4. The highest BCUT2D eigenvalue weighted by Crippen LogP contribution is 2.59. The zero-order chi connectivity index (χ0) is 27.5. The van der Waals surface area contributed by atoms with Crippen molar-refractivity contribution < 1.29 is 14.4 Å². The summed E-state index contributed by atoms with van der Waals surface area (Å²) in [5.41, 5.74) is 1.99. The summed E-state index contributed by atoms with van der Waals surface area (Å²) in [4.78, 5) is 62.2. The normalized spacial score (nSPS) is 21.6. The van der Waals surface area contributed by atoms with Gasteiger partial charge >= 0.3 is 0 Å². The van der Waals surface area contributed by atoms with Gasteiger partial charge in [-0.25, -0.2) is 15.0 Å². The van der Waals surface area contributed by atoms with E-state index >= 15 is 0 Å². The summed E-state index contributed by atoms with van der Waals surface area (Å²) in [5, 5.41) is 7.84. The number of aromatic nitrogens is 7. The number of carbonyl (C=O) groups excluding carboxylic acids is 3. The quantitative estimate of drug-likeness (QED) is 0.335. The van der Waals surface area contributed by atoms with Crippen LogP contribution < -0.4 is 5.32 Å². The fraction of sp³-hybridized carbons (Fsp3) is 0.346.